The molecule has 0 radical (unpaired) electrons. The number of alkyl halides is 2. The van der Waals surface area contributed by atoms with E-state index >= 15 is 0 Å². The number of halogens is 6. The molecule has 176 valence electrons. The summed E-state index contributed by atoms with van der Waals surface area (Å²) in [4.78, 5) is 25.6. The maximum absolute atomic E-state index is 13.9. The van der Waals surface area contributed by atoms with Gasteiger partial charge in [-0.3, -0.25) is 9.59 Å². The molecular weight excluding hydrogens is 528 g/mol. The number of benzene rings is 3. The lowest BCUT2D eigenvalue weighted by molar-refractivity contribution is -0.117. The molecular formula is C24H16Cl4F2N2O2. The minimum Gasteiger partial charge on any atom is -0.326 e. The van der Waals surface area contributed by atoms with E-state index in [-0.39, 0.29) is 22.0 Å². The van der Waals surface area contributed by atoms with Gasteiger partial charge in [0.15, 0.2) is 11.6 Å². The van der Waals surface area contributed by atoms with Crippen LogP contribution in [0.3, 0.4) is 0 Å². The van der Waals surface area contributed by atoms with Gasteiger partial charge in [-0.15, -0.1) is 23.2 Å². The second kappa shape index (κ2) is 9.34. The summed E-state index contributed by atoms with van der Waals surface area (Å²) >= 11 is 25.1. The predicted molar refractivity (Wildman–Crippen MR) is 131 cm³/mol. The summed E-state index contributed by atoms with van der Waals surface area (Å²) in [7, 11) is 0. The van der Waals surface area contributed by atoms with Crippen LogP contribution in [0.15, 0.2) is 54.6 Å². The van der Waals surface area contributed by atoms with Crippen LogP contribution in [0.4, 0.5) is 20.2 Å². The van der Waals surface area contributed by atoms with E-state index in [0.717, 1.165) is 17.2 Å². The van der Waals surface area contributed by atoms with E-state index in [4.69, 9.17) is 46.4 Å². The molecule has 10 heteroatoms. The van der Waals surface area contributed by atoms with Crippen LogP contribution in [0.5, 0.6) is 0 Å². The largest absolute Gasteiger partial charge is 0.326 e. The van der Waals surface area contributed by atoms with Gasteiger partial charge in [0.2, 0.25) is 5.91 Å². The highest BCUT2D eigenvalue weighted by Crippen LogP contribution is 2.65. The topological polar surface area (TPSA) is 58.2 Å². The van der Waals surface area contributed by atoms with E-state index in [1.165, 1.54) is 30.3 Å². The van der Waals surface area contributed by atoms with Gasteiger partial charge < -0.3 is 10.6 Å². The van der Waals surface area contributed by atoms with Crippen LogP contribution in [-0.2, 0) is 4.79 Å². The third-order valence-corrected chi connectivity index (χ3v) is 6.93. The molecule has 2 unspecified atom stereocenters. The van der Waals surface area contributed by atoms with Crippen LogP contribution in [-0.4, -0.2) is 16.1 Å². The summed E-state index contributed by atoms with van der Waals surface area (Å²) in [6, 6.07) is 12.9. The van der Waals surface area contributed by atoms with Crippen LogP contribution >= 0.6 is 46.4 Å². The molecule has 0 spiro atoms. The van der Waals surface area contributed by atoms with E-state index in [0.29, 0.717) is 5.02 Å². The third kappa shape index (κ3) is 4.86. The Balaban J connectivity index is 1.52. The quantitative estimate of drug-likeness (QED) is 0.330. The summed E-state index contributed by atoms with van der Waals surface area (Å²) in [6.45, 7) is 1.87. The van der Waals surface area contributed by atoms with Crippen LogP contribution in [0, 0.1) is 24.5 Å². The number of aryl methyl sites for hydroxylation is 1. The highest BCUT2D eigenvalue weighted by atomic mass is 35.5. The lowest BCUT2D eigenvalue weighted by Gasteiger charge is -2.11. The van der Waals surface area contributed by atoms with Crippen molar-refractivity contribution in [3.8, 4) is 0 Å². The molecule has 2 amide bonds. The van der Waals surface area contributed by atoms with Gasteiger partial charge in [0.05, 0.1) is 22.2 Å². The zero-order valence-corrected chi connectivity index (χ0v) is 20.5. The average Bonchev–Trinajstić information content (AvgIpc) is 3.34. The van der Waals surface area contributed by atoms with E-state index < -0.39 is 39.6 Å². The first-order chi connectivity index (χ1) is 16.0. The molecule has 4 nitrogen and oxygen atoms in total. The first-order valence-corrected chi connectivity index (χ1v) is 11.5. The van der Waals surface area contributed by atoms with Crippen molar-refractivity contribution in [1.29, 1.82) is 0 Å². The van der Waals surface area contributed by atoms with Gasteiger partial charge in [-0.25, -0.2) is 8.78 Å². The van der Waals surface area contributed by atoms with Crippen molar-refractivity contribution in [3.05, 3.63) is 93.0 Å². The first kappa shape index (κ1) is 24.7. The van der Waals surface area contributed by atoms with E-state index in [9.17, 15) is 18.4 Å². The zero-order chi connectivity index (χ0) is 24.8. The number of hydrogen-bond acceptors (Lipinski definition) is 2. The zero-order valence-electron chi connectivity index (χ0n) is 17.4. The monoisotopic (exact) mass is 542 g/mol. The van der Waals surface area contributed by atoms with Crippen molar-refractivity contribution in [2.75, 3.05) is 10.6 Å². The Morgan fingerprint density at radius 1 is 0.971 bits per heavy atom. The van der Waals surface area contributed by atoms with Gasteiger partial charge in [-0.1, -0.05) is 35.3 Å². The summed E-state index contributed by atoms with van der Waals surface area (Å²) in [5.41, 5.74) is 1.49. The first-order valence-electron chi connectivity index (χ1n) is 9.99. The highest BCUT2D eigenvalue weighted by Gasteiger charge is 2.67. The molecule has 1 aliphatic rings. The van der Waals surface area contributed by atoms with Crippen molar-refractivity contribution in [2.45, 2.75) is 17.2 Å². The molecule has 0 bridgehead atoms. The van der Waals surface area contributed by atoms with Crippen molar-refractivity contribution < 1.29 is 18.4 Å². The Labute approximate surface area is 214 Å². The molecule has 3 aromatic carbocycles. The molecule has 2 N–H and O–H groups in total. The van der Waals surface area contributed by atoms with E-state index in [1.807, 2.05) is 13.0 Å². The number of anilines is 2. The Kier molecular flexibility index (Phi) is 6.80. The molecule has 0 aromatic heterocycles. The second-order valence-corrected chi connectivity index (χ2v) is 10.2. The molecule has 3 aromatic rings. The molecule has 0 saturated heterocycles. The van der Waals surface area contributed by atoms with Crippen molar-refractivity contribution in [3.63, 3.8) is 0 Å². The molecule has 4 rings (SSSR count). The van der Waals surface area contributed by atoms with Gasteiger partial charge in [0.1, 0.15) is 4.33 Å². The Morgan fingerprint density at radius 2 is 1.71 bits per heavy atom. The number of carbonyl (C=O) groups is 2. The smallest absolute Gasteiger partial charge is 0.257 e. The molecule has 2 atom stereocenters. The van der Waals surface area contributed by atoms with Gasteiger partial charge in [0, 0.05) is 16.6 Å². The lowest BCUT2D eigenvalue weighted by atomic mass is 10.1. The SMILES string of the molecule is Cc1cc(Cl)cc(C2C(C(=O)Nc3ccc(Cl)c(C(=O)Nc4cccc(F)c4F)c3)C2(Cl)Cl)c1. The van der Waals surface area contributed by atoms with Gasteiger partial charge >= 0.3 is 0 Å². The second-order valence-electron chi connectivity index (χ2n) is 7.93. The fourth-order valence-electron chi connectivity index (χ4n) is 3.80. The minimum absolute atomic E-state index is 0.0510. The molecule has 0 heterocycles. The van der Waals surface area contributed by atoms with Crippen molar-refractivity contribution in [1.82, 2.24) is 0 Å². The van der Waals surface area contributed by atoms with Crippen LogP contribution in [0.2, 0.25) is 10.0 Å². The highest BCUT2D eigenvalue weighted by molar-refractivity contribution is 6.53. The standard InChI is InChI=1S/C24H16Cl4F2N2O2/c1-11-7-12(9-13(25)8-11)19-20(24(19,27)28)23(34)31-14-5-6-16(26)15(10-14)22(33)32-18-4-2-3-17(29)21(18)30/h2-10,19-20H,1H3,(H,31,34)(H,32,33). The summed E-state index contributed by atoms with van der Waals surface area (Å²) in [5.74, 6) is -4.79. The molecule has 1 aliphatic carbocycles. The van der Waals surface area contributed by atoms with Crippen LogP contribution < -0.4 is 10.6 Å². The van der Waals surface area contributed by atoms with Crippen molar-refractivity contribution in [2.24, 2.45) is 5.92 Å². The molecule has 1 fully saturated rings. The lowest BCUT2D eigenvalue weighted by Crippen LogP contribution is -2.18. The number of carbonyl (C=O) groups excluding carboxylic acids is 2. The number of rotatable bonds is 5. The van der Waals surface area contributed by atoms with Crippen LogP contribution in [0.1, 0.15) is 27.4 Å². The summed E-state index contributed by atoms with van der Waals surface area (Å²) in [6.07, 6.45) is 0. The van der Waals surface area contributed by atoms with Gasteiger partial charge in [0.25, 0.3) is 5.91 Å². The Bertz CT molecular complexity index is 1300. The maximum atomic E-state index is 13.9. The van der Waals surface area contributed by atoms with Gasteiger partial charge in [-0.05, 0) is 60.5 Å². The fourth-order valence-corrected chi connectivity index (χ4v) is 5.13. The van der Waals surface area contributed by atoms with Crippen molar-refractivity contribution >= 4 is 69.6 Å². The fraction of sp³-hybridized carbons (Fsp3) is 0.167. The molecule has 1 saturated carbocycles. The number of nitrogens with one attached hydrogen (secondary N) is 2. The Morgan fingerprint density at radius 3 is 2.41 bits per heavy atom. The predicted octanol–water partition coefficient (Wildman–Crippen LogP) is 7.36. The number of hydrogen-bond donors (Lipinski definition) is 2. The normalized spacial score (nSPS) is 18.3. The molecule has 34 heavy (non-hydrogen) atoms. The summed E-state index contributed by atoms with van der Waals surface area (Å²) in [5, 5.41) is 5.51. The average molecular weight is 544 g/mol. The Hall–Kier alpha value is -2.38. The minimum atomic E-state index is -1.33. The van der Waals surface area contributed by atoms with E-state index in [1.54, 1.807) is 12.1 Å². The number of amides is 2. The third-order valence-electron chi connectivity index (χ3n) is 5.44. The van der Waals surface area contributed by atoms with Gasteiger partial charge in [-0.2, -0.15) is 0 Å². The van der Waals surface area contributed by atoms with E-state index in [2.05, 4.69) is 10.6 Å². The van der Waals surface area contributed by atoms with Crippen LogP contribution in [0.25, 0.3) is 0 Å². The molecule has 0 aliphatic heterocycles. The maximum Gasteiger partial charge on any atom is 0.257 e. The summed E-state index contributed by atoms with van der Waals surface area (Å²) < 4.78 is 26.0.